The zero-order chi connectivity index (χ0) is 17.8. The van der Waals surface area contributed by atoms with Crippen LogP contribution in [0.4, 0.5) is 0 Å². The second kappa shape index (κ2) is 6.34. The van der Waals surface area contributed by atoms with Crippen LogP contribution >= 0.6 is 0 Å². The van der Waals surface area contributed by atoms with Crippen molar-refractivity contribution in [2.75, 3.05) is 0 Å². The zero-order valence-electron chi connectivity index (χ0n) is 16.1. The Labute approximate surface area is 163 Å². The van der Waals surface area contributed by atoms with Crippen molar-refractivity contribution in [3.8, 4) is 0 Å². The van der Waals surface area contributed by atoms with E-state index in [0.29, 0.717) is 12.1 Å². The van der Waals surface area contributed by atoms with Crippen LogP contribution in [0.2, 0.25) is 0 Å². The summed E-state index contributed by atoms with van der Waals surface area (Å²) in [5, 5.41) is 0. The molecular weight excluding hydrogens is 326 g/mol. The summed E-state index contributed by atoms with van der Waals surface area (Å²) in [6.45, 7) is 0. The van der Waals surface area contributed by atoms with E-state index >= 15 is 0 Å². The van der Waals surface area contributed by atoms with E-state index in [1.54, 1.807) is 11.1 Å². The molecule has 0 aromatic heterocycles. The number of nitrogens with zero attached hydrogens (tertiary/aromatic N) is 1. The molecule has 2 aromatic carbocycles. The molecular formula is C26H29N. The lowest BCUT2D eigenvalue weighted by molar-refractivity contribution is 0.147. The largest absolute Gasteiger partial charge is 0.282 e. The second-order valence-corrected chi connectivity index (χ2v) is 9.08. The lowest BCUT2D eigenvalue weighted by Crippen LogP contribution is -2.39. The summed E-state index contributed by atoms with van der Waals surface area (Å²) in [6, 6.07) is 24.6. The molecule has 4 aliphatic rings. The number of rotatable bonds is 2. The van der Waals surface area contributed by atoms with E-state index in [-0.39, 0.29) is 0 Å². The van der Waals surface area contributed by atoms with Crippen molar-refractivity contribution < 1.29 is 0 Å². The lowest BCUT2D eigenvalue weighted by Gasteiger charge is -2.37. The normalized spacial score (nSPS) is 35.2. The van der Waals surface area contributed by atoms with Gasteiger partial charge in [0.2, 0.25) is 0 Å². The number of fused-ring (bicyclic) bond motifs is 3. The molecule has 138 valence electrons. The molecule has 0 amide bonds. The smallest absolute Gasteiger partial charge is 0.0615 e. The fourth-order valence-electron chi connectivity index (χ4n) is 7.06. The molecule has 1 nitrogen and oxygen atoms in total. The van der Waals surface area contributed by atoms with Gasteiger partial charge in [0.1, 0.15) is 0 Å². The number of hydrogen-bond acceptors (Lipinski definition) is 1. The van der Waals surface area contributed by atoms with Crippen molar-refractivity contribution in [1.29, 1.82) is 0 Å². The Hall–Kier alpha value is -1.86. The Bertz CT molecular complexity index is 852. The van der Waals surface area contributed by atoms with Crippen LogP contribution in [-0.2, 0) is 0 Å². The van der Waals surface area contributed by atoms with Crippen molar-refractivity contribution in [3.63, 3.8) is 0 Å². The maximum absolute atomic E-state index is 3.00. The number of benzene rings is 2. The Kier molecular flexibility index (Phi) is 3.79. The topological polar surface area (TPSA) is 3.24 Å². The predicted molar refractivity (Wildman–Crippen MR) is 111 cm³/mol. The highest BCUT2D eigenvalue weighted by atomic mass is 15.3. The Morgan fingerprint density at radius 1 is 0.704 bits per heavy atom. The molecule has 0 N–H and O–H groups in total. The SMILES string of the molecule is c1ccc(C2=C3CCCC4C5CCCCC5N(C2c2ccccc2)C34)cc1. The van der Waals surface area contributed by atoms with E-state index in [1.165, 1.54) is 56.1 Å². The summed E-state index contributed by atoms with van der Waals surface area (Å²) in [5.74, 6) is 1.86. The van der Waals surface area contributed by atoms with Crippen molar-refractivity contribution in [3.05, 3.63) is 77.4 Å². The molecule has 2 aliphatic heterocycles. The summed E-state index contributed by atoms with van der Waals surface area (Å²) < 4.78 is 0. The molecule has 5 atom stereocenters. The van der Waals surface area contributed by atoms with Gasteiger partial charge in [-0.1, -0.05) is 73.5 Å². The van der Waals surface area contributed by atoms with E-state index in [4.69, 9.17) is 0 Å². The van der Waals surface area contributed by atoms with Crippen LogP contribution < -0.4 is 0 Å². The van der Waals surface area contributed by atoms with Gasteiger partial charge in [-0.15, -0.1) is 0 Å². The molecule has 1 heteroatoms. The molecule has 1 saturated heterocycles. The molecule has 2 heterocycles. The average molecular weight is 356 g/mol. The summed E-state index contributed by atoms with van der Waals surface area (Å²) >= 11 is 0. The fraction of sp³-hybridized carbons (Fsp3) is 0.462. The van der Waals surface area contributed by atoms with Crippen LogP contribution in [0.25, 0.3) is 5.57 Å². The molecule has 27 heavy (non-hydrogen) atoms. The molecule has 2 aromatic rings. The minimum atomic E-state index is 0.460. The molecule has 0 bridgehead atoms. The standard InChI is InChI=1S/C26H29N/c1-3-10-18(11-4-1)24-22-16-9-15-21-20-14-7-8-17-23(20)27(26(21)22)25(24)19-12-5-2-6-13-19/h1-6,10-13,20-21,23,25-26H,7-9,14-17H2. The van der Waals surface area contributed by atoms with Gasteiger partial charge in [0.15, 0.2) is 0 Å². The van der Waals surface area contributed by atoms with Crippen LogP contribution in [0.15, 0.2) is 66.2 Å². The monoisotopic (exact) mass is 355 g/mol. The average Bonchev–Trinajstić information content (AvgIpc) is 3.27. The third-order valence-corrected chi connectivity index (χ3v) is 7.90. The fourth-order valence-corrected chi connectivity index (χ4v) is 7.06. The Balaban J connectivity index is 1.56. The van der Waals surface area contributed by atoms with E-state index in [2.05, 4.69) is 65.6 Å². The molecule has 5 unspecified atom stereocenters. The van der Waals surface area contributed by atoms with Crippen molar-refractivity contribution >= 4 is 5.57 Å². The van der Waals surface area contributed by atoms with Gasteiger partial charge in [-0.2, -0.15) is 0 Å². The van der Waals surface area contributed by atoms with Gasteiger partial charge in [0.25, 0.3) is 0 Å². The van der Waals surface area contributed by atoms with Gasteiger partial charge in [-0.3, -0.25) is 4.90 Å². The van der Waals surface area contributed by atoms with Gasteiger partial charge in [-0.05, 0) is 66.2 Å². The van der Waals surface area contributed by atoms with E-state index in [0.717, 1.165) is 17.9 Å². The van der Waals surface area contributed by atoms with Crippen molar-refractivity contribution in [1.82, 2.24) is 4.90 Å². The molecule has 6 rings (SSSR count). The summed E-state index contributed by atoms with van der Waals surface area (Å²) in [6.07, 6.45) is 9.92. The second-order valence-electron chi connectivity index (χ2n) is 9.08. The van der Waals surface area contributed by atoms with Crippen molar-refractivity contribution in [2.24, 2.45) is 11.8 Å². The van der Waals surface area contributed by atoms with Gasteiger partial charge in [0.05, 0.1) is 6.04 Å². The maximum atomic E-state index is 3.00. The van der Waals surface area contributed by atoms with Crippen LogP contribution in [0, 0.1) is 11.8 Å². The van der Waals surface area contributed by atoms with E-state index in [1.807, 2.05) is 0 Å². The van der Waals surface area contributed by atoms with Gasteiger partial charge < -0.3 is 0 Å². The van der Waals surface area contributed by atoms with Crippen LogP contribution in [0.3, 0.4) is 0 Å². The number of hydrogen-bond donors (Lipinski definition) is 0. The van der Waals surface area contributed by atoms with E-state index in [9.17, 15) is 0 Å². The third-order valence-electron chi connectivity index (χ3n) is 7.90. The molecule has 2 aliphatic carbocycles. The van der Waals surface area contributed by atoms with Crippen molar-refractivity contribution in [2.45, 2.75) is 63.1 Å². The first-order valence-electron chi connectivity index (χ1n) is 11.0. The lowest BCUT2D eigenvalue weighted by atomic mass is 9.70. The Morgan fingerprint density at radius 3 is 2.22 bits per heavy atom. The van der Waals surface area contributed by atoms with Gasteiger partial charge in [0, 0.05) is 12.1 Å². The molecule has 0 spiro atoms. The maximum Gasteiger partial charge on any atom is 0.0615 e. The van der Waals surface area contributed by atoms with Gasteiger partial charge >= 0.3 is 0 Å². The summed E-state index contributed by atoms with van der Waals surface area (Å²) in [4.78, 5) is 3.00. The highest BCUT2D eigenvalue weighted by molar-refractivity contribution is 5.78. The highest BCUT2D eigenvalue weighted by Gasteiger charge is 2.58. The predicted octanol–water partition coefficient (Wildman–Crippen LogP) is 6.24. The first-order chi connectivity index (χ1) is 13.4. The minimum absolute atomic E-state index is 0.460. The molecule has 2 saturated carbocycles. The Morgan fingerprint density at radius 2 is 1.41 bits per heavy atom. The minimum Gasteiger partial charge on any atom is -0.282 e. The zero-order valence-corrected chi connectivity index (χ0v) is 16.1. The van der Waals surface area contributed by atoms with Crippen LogP contribution in [0.5, 0.6) is 0 Å². The summed E-state index contributed by atoms with van der Waals surface area (Å²) in [7, 11) is 0. The third kappa shape index (κ3) is 2.34. The highest BCUT2D eigenvalue weighted by Crippen LogP contribution is 2.61. The quantitative estimate of drug-likeness (QED) is 0.616. The molecule has 3 fully saturated rings. The van der Waals surface area contributed by atoms with Crippen LogP contribution in [-0.4, -0.2) is 17.0 Å². The summed E-state index contributed by atoms with van der Waals surface area (Å²) in [5.41, 5.74) is 6.41. The van der Waals surface area contributed by atoms with E-state index < -0.39 is 0 Å². The van der Waals surface area contributed by atoms with Crippen LogP contribution in [0.1, 0.15) is 62.1 Å². The van der Waals surface area contributed by atoms with Gasteiger partial charge in [-0.25, -0.2) is 0 Å². The first kappa shape index (κ1) is 16.1. The first-order valence-corrected chi connectivity index (χ1v) is 11.0. The molecule has 0 radical (unpaired) electrons.